The predicted octanol–water partition coefficient (Wildman–Crippen LogP) is 2.01. The Bertz CT molecular complexity index is 475. The maximum atomic E-state index is 11.3. The normalized spacial score (nSPS) is 11.0. The van der Waals surface area contributed by atoms with Crippen molar-refractivity contribution in [3.8, 4) is 0 Å². The van der Waals surface area contributed by atoms with Crippen LogP contribution < -0.4 is 16.0 Å². The van der Waals surface area contributed by atoms with Crippen LogP contribution >= 0.6 is 0 Å². The van der Waals surface area contributed by atoms with Crippen molar-refractivity contribution >= 4 is 17.6 Å². The molecule has 3 amide bonds. The molecule has 0 radical (unpaired) electrons. The van der Waals surface area contributed by atoms with Crippen molar-refractivity contribution in [1.29, 1.82) is 0 Å². The van der Waals surface area contributed by atoms with Gasteiger partial charge in [0.05, 0.1) is 0 Å². The molecule has 0 atom stereocenters. The molecular weight excluding hydrogens is 254 g/mol. The lowest BCUT2D eigenvalue weighted by atomic mass is 9.87. The largest absolute Gasteiger partial charge is 0.374 e. The number of primary amides is 1. The Balaban J connectivity index is 2.58. The van der Waals surface area contributed by atoms with Gasteiger partial charge in [-0.2, -0.15) is 0 Å². The molecule has 1 aromatic carbocycles. The fourth-order valence-electron chi connectivity index (χ4n) is 1.81. The van der Waals surface area contributed by atoms with Crippen LogP contribution in [0.1, 0.15) is 32.8 Å². The van der Waals surface area contributed by atoms with Crippen molar-refractivity contribution in [2.75, 3.05) is 18.5 Å². The molecule has 0 aliphatic carbocycles. The van der Waals surface area contributed by atoms with Gasteiger partial charge in [0, 0.05) is 25.7 Å². The van der Waals surface area contributed by atoms with E-state index in [1.54, 1.807) is 0 Å². The third-order valence-electron chi connectivity index (χ3n) is 3.11. The van der Waals surface area contributed by atoms with E-state index < -0.39 is 6.03 Å². The van der Waals surface area contributed by atoms with Gasteiger partial charge in [0.1, 0.15) is 0 Å². The second kappa shape index (κ2) is 6.41. The molecule has 20 heavy (non-hydrogen) atoms. The summed E-state index contributed by atoms with van der Waals surface area (Å²) in [5.41, 5.74) is 7.30. The van der Waals surface area contributed by atoms with Crippen LogP contribution in [0.3, 0.4) is 0 Å². The first kappa shape index (κ1) is 16.0. The van der Waals surface area contributed by atoms with Crippen LogP contribution in [0.2, 0.25) is 0 Å². The van der Waals surface area contributed by atoms with Crippen molar-refractivity contribution in [1.82, 2.24) is 5.32 Å². The lowest BCUT2D eigenvalue weighted by Gasteiger charge is -2.22. The topological polar surface area (TPSA) is 75.4 Å². The minimum absolute atomic E-state index is 0.123. The van der Waals surface area contributed by atoms with Crippen LogP contribution in [0.5, 0.6) is 0 Å². The zero-order valence-corrected chi connectivity index (χ0v) is 12.6. The molecule has 0 unspecified atom stereocenters. The highest BCUT2D eigenvalue weighted by Gasteiger charge is 2.13. The fraction of sp³-hybridized carbons (Fsp3) is 0.467. The van der Waals surface area contributed by atoms with Gasteiger partial charge in [0.2, 0.25) is 5.91 Å². The predicted molar refractivity (Wildman–Crippen MR) is 80.8 cm³/mol. The van der Waals surface area contributed by atoms with E-state index in [9.17, 15) is 9.59 Å². The molecule has 1 rings (SSSR count). The standard InChI is InChI=1S/C15H23N3O2/c1-15(2,3)11-5-7-12(8-6-11)18(4)10-9-13(19)17-14(16)20/h5-8H,9-10H2,1-4H3,(H3,16,17,19,20). The number of nitrogens with two attached hydrogens (primary N) is 1. The number of hydrogen-bond acceptors (Lipinski definition) is 3. The van der Waals surface area contributed by atoms with Crippen LogP contribution in [0.15, 0.2) is 24.3 Å². The fourth-order valence-corrected chi connectivity index (χ4v) is 1.81. The minimum atomic E-state index is -0.813. The molecule has 0 saturated heterocycles. The highest BCUT2D eigenvalue weighted by atomic mass is 16.2. The summed E-state index contributed by atoms with van der Waals surface area (Å²) >= 11 is 0. The van der Waals surface area contributed by atoms with Gasteiger partial charge >= 0.3 is 6.03 Å². The van der Waals surface area contributed by atoms with Gasteiger partial charge in [0.15, 0.2) is 0 Å². The molecule has 0 bridgehead atoms. The van der Waals surface area contributed by atoms with Crippen LogP contribution in [-0.2, 0) is 10.2 Å². The molecule has 3 N–H and O–H groups in total. The van der Waals surface area contributed by atoms with Crippen molar-refractivity contribution in [3.05, 3.63) is 29.8 Å². The first-order chi connectivity index (χ1) is 9.20. The number of urea groups is 1. The van der Waals surface area contributed by atoms with Crippen LogP contribution in [0.25, 0.3) is 0 Å². The number of carbonyl (C=O) groups is 2. The Labute approximate surface area is 120 Å². The minimum Gasteiger partial charge on any atom is -0.374 e. The van der Waals surface area contributed by atoms with Crippen molar-refractivity contribution < 1.29 is 9.59 Å². The molecule has 0 aromatic heterocycles. The molecule has 0 aliphatic heterocycles. The van der Waals surface area contributed by atoms with E-state index in [4.69, 9.17) is 5.73 Å². The van der Waals surface area contributed by atoms with Gasteiger partial charge in [-0.1, -0.05) is 32.9 Å². The summed E-state index contributed by atoms with van der Waals surface area (Å²) in [5, 5.41) is 2.05. The van der Waals surface area contributed by atoms with Crippen molar-refractivity contribution in [3.63, 3.8) is 0 Å². The summed E-state index contributed by atoms with van der Waals surface area (Å²) in [6, 6.07) is 7.44. The van der Waals surface area contributed by atoms with Crippen LogP contribution in [0, 0.1) is 0 Å². The number of rotatable bonds is 4. The Hall–Kier alpha value is -2.04. The molecule has 0 fully saturated rings. The summed E-state index contributed by atoms with van der Waals surface area (Å²) in [5.74, 6) is -0.365. The maximum Gasteiger partial charge on any atom is 0.318 e. The van der Waals surface area contributed by atoms with Crippen molar-refractivity contribution in [2.45, 2.75) is 32.6 Å². The van der Waals surface area contributed by atoms with Gasteiger partial charge in [-0.05, 0) is 23.1 Å². The molecule has 1 aromatic rings. The van der Waals surface area contributed by atoms with Crippen LogP contribution in [-0.4, -0.2) is 25.5 Å². The summed E-state index contributed by atoms with van der Waals surface area (Å²) in [6.07, 6.45) is 0.223. The lowest BCUT2D eigenvalue weighted by molar-refractivity contribution is -0.119. The molecule has 0 heterocycles. The Morgan fingerprint density at radius 2 is 1.75 bits per heavy atom. The van der Waals surface area contributed by atoms with Gasteiger partial charge in [-0.15, -0.1) is 0 Å². The average molecular weight is 277 g/mol. The summed E-state index contributed by atoms with van der Waals surface area (Å²) in [7, 11) is 1.91. The third kappa shape index (κ3) is 4.91. The lowest BCUT2D eigenvalue weighted by Crippen LogP contribution is -2.36. The first-order valence-corrected chi connectivity index (χ1v) is 6.61. The highest BCUT2D eigenvalue weighted by Crippen LogP contribution is 2.24. The maximum absolute atomic E-state index is 11.3. The zero-order valence-electron chi connectivity index (χ0n) is 12.6. The SMILES string of the molecule is CN(CCC(=O)NC(N)=O)c1ccc(C(C)(C)C)cc1. The Morgan fingerprint density at radius 1 is 1.20 bits per heavy atom. The molecule has 110 valence electrons. The molecule has 0 spiro atoms. The smallest absolute Gasteiger partial charge is 0.318 e. The van der Waals surface area contributed by atoms with E-state index in [1.807, 2.05) is 24.1 Å². The van der Waals surface area contributed by atoms with E-state index in [2.05, 4.69) is 38.2 Å². The summed E-state index contributed by atoms with van der Waals surface area (Å²) in [4.78, 5) is 23.8. The Morgan fingerprint density at radius 3 is 2.20 bits per heavy atom. The van der Waals surface area contributed by atoms with E-state index in [0.29, 0.717) is 6.54 Å². The quantitative estimate of drug-likeness (QED) is 0.884. The van der Waals surface area contributed by atoms with Gasteiger partial charge in [-0.25, -0.2) is 4.79 Å². The van der Waals surface area contributed by atoms with Gasteiger partial charge < -0.3 is 10.6 Å². The monoisotopic (exact) mass is 277 g/mol. The number of hydrogen-bond donors (Lipinski definition) is 2. The number of carbonyl (C=O) groups excluding carboxylic acids is 2. The number of imide groups is 1. The highest BCUT2D eigenvalue weighted by molar-refractivity contribution is 5.93. The van der Waals surface area contributed by atoms with Crippen LogP contribution in [0.4, 0.5) is 10.5 Å². The number of benzene rings is 1. The molecular formula is C15H23N3O2. The number of anilines is 1. The second-order valence-corrected chi connectivity index (χ2v) is 5.88. The van der Waals surface area contributed by atoms with E-state index in [0.717, 1.165) is 5.69 Å². The molecule has 0 aliphatic rings. The summed E-state index contributed by atoms with van der Waals surface area (Å²) in [6.45, 7) is 7.02. The third-order valence-corrected chi connectivity index (χ3v) is 3.11. The van der Waals surface area contributed by atoms with E-state index in [-0.39, 0.29) is 17.7 Å². The van der Waals surface area contributed by atoms with Gasteiger partial charge in [0.25, 0.3) is 0 Å². The van der Waals surface area contributed by atoms with E-state index in [1.165, 1.54) is 5.56 Å². The average Bonchev–Trinajstić information content (AvgIpc) is 2.34. The van der Waals surface area contributed by atoms with Gasteiger partial charge in [-0.3, -0.25) is 10.1 Å². The molecule has 5 nitrogen and oxygen atoms in total. The second-order valence-electron chi connectivity index (χ2n) is 5.88. The first-order valence-electron chi connectivity index (χ1n) is 6.61. The number of nitrogens with one attached hydrogen (secondary N) is 1. The van der Waals surface area contributed by atoms with Crippen molar-refractivity contribution in [2.24, 2.45) is 5.73 Å². The molecule has 0 saturated carbocycles. The number of amides is 3. The van der Waals surface area contributed by atoms with E-state index >= 15 is 0 Å². The number of nitrogens with zero attached hydrogens (tertiary/aromatic N) is 1. The molecule has 5 heteroatoms. The Kier molecular flexibility index (Phi) is 5.13. The zero-order chi connectivity index (χ0) is 15.3. The summed E-state index contributed by atoms with van der Waals surface area (Å²) < 4.78 is 0.